The first-order valence-corrected chi connectivity index (χ1v) is 8.83. The van der Waals surface area contributed by atoms with E-state index in [1.165, 1.54) is 58.2 Å². The summed E-state index contributed by atoms with van der Waals surface area (Å²) in [5, 5.41) is 14.4. The Balaban J connectivity index is 1.71. The number of likely N-dealkylation sites (tertiary alicyclic amines) is 1. The molecule has 2 N–H and O–H groups in total. The minimum atomic E-state index is -0.428. The van der Waals surface area contributed by atoms with Gasteiger partial charge in [-0.1, -0.05) is 20.3 Å². The van der Waals surface area contributed by atoms with E-state index in [2.05, 4.69) is 24.1 Å². The van der Waals surface area contributed by atoms with Crippen LogP contribution in [0.4, 0.5) is 0 Å². The standard InChI is InChI=1S/C17H34N2O/c1-3-15-7-10-17(20,11-8-15)14-18-16-6-5-12-19(4-2)13-9-16/h15-16,18,20H,3-14H2,1-2H3. The van der Waals surface area contributed by atoms with E-state index in [-0.39, 0.29) is 0 Å². The fraction of sp³-hybridized carbons (Fsp3) is 1.00. The second kappa shape index (κ2) is 7.77. The van der Waals surface area contributed by atoms with Gasteiger partial charge in [-0.15, -0.1) is 0 Å². The van der Waals surface area contributed by atoms with E-state index in [1.807, 2.05) is 0 Å². The molecular weight excluding hydrogens is 248 g/mol. The zero-order chi connectivity index (χ0) is 14.4. The first kappa shape index (κ1) is 16.3. The van der Waals surface area contributed by atoms with E-state index < -0.39 is 5.60 Å². The average Bonchev–Trinajstić information content (AvgIpc) is 2.71. The zero-order valence-electron chi connectivity index (χ0n) is 13.5. The summed E-state index contributed by atoms with van der Waals surface area (Å²) in [5.74, 6) is 0.853. The van der Waals surface area contributed by atoms with Crippen LogP contribution < -0.4 is 5.32 Å². The summed E-state index contributed by atoms with van der Waals surface area (Å²) >= 11 is 0. The highest BCUT2D eigenvalue weighted by Crippen LogP contribution is 2.33. The van der Waals surface area contributed by atoms with Gasteiger partial charge in [0, 0.05) is 12.6 Å². The Morgan fingerprint density at radius 3 is 2.50 bits per heavy atom. The van der Waals surface area contributed by atoms with Gasteiger partial charge < -0.3 is 15.3 Å². The van der Waals surface area contributed by atoms with Crippen molar-refractivity contribution in [3.63, 3.8) is 0 Å². The van der Waals surface area contributed by atoms with E-state index >= 15 is 0 Å². The largest absolute Gasteiger partial charge is 0.389 e. The van der Waals surface area contributed by atoms with Crippen LogP contribution in [0.15, 0.2) is 0 Å². The maximum absolute atomic E-state index is 10.7. The molecule has 0 radical (unpaired) electrons. The first-order chi connectivity index (χ1) is 9.65. The van der Waals surface area contributed by atoms with E-state index in [4.69, 9.17) is 0 Å². The SMILES string of the molecule is CCC1CCC(O)(CNC2CCCN(CC)CC2)CC1. The van der Waals surface area contributed by atoms with Crippen molar-refractivity contribution in [2.45, 2.75) is 76.9 Å². The Morgan fingerprint density at radius 2 is 1.85 bits per heavy atom. The number of hydrogen-bond donors (Lipinski definition) is 2. The van der Waals surface area contributed by atoms with Crippen molar-refractivity contribution < 1.29 is 5.11 Å². The van der Waals surface area contributed by atoms with Crippen LogP contribution in [0.5, 0.6) is 0 Å². The molecule has 118 valence electrons. The Bertz CT molecular complexity index is 274. The molecule has 0 aromatic heterocycles. The summed E-state index contributed by atoms with van der Waals surface area (Å²) in [6, 6.07) is 0.611. The molecule has 0 spiro atoms. The minimum Gasteiger partial charge on any atom is -0.389 e. The van der Waals surface area contributed by atoms with Gasteiger partial charge in [-0.25, -0.2) is 0 Å². The molecule has 20 heavy (non-hydrogen) atoms. The molecule has 1 unspecified atom stereocenters. The molecule has 0 amide bonds. The second-order valence-corrected chi connectivity index (χ2v) is 7.02. The lowest BCUT2D eigenvalue weighted by atomic mass is 9.77. The predicted octanol–water partition coefficient (Wildman–Crippen LogP) is 2.78. The van der Waals surface area contributed by atoms with Crippen LogP contribution in [-0.2, 0) is 0 Å². The van der Waals surface area contributed by atoms with Crippen LogP contribution in [0.25, 0.3) is 0 Å². The van der Waals surface area contributed by atoms with Gasteiger partial charge in [0.25, 0.3) is 0 Å². The van der Waals surface area contributed by atoms with Crippen LogP contribution in [0.3, 0.4) is 0 Å². The topological polar surface area (TPSA) is 35.5 Å². The minimum absolute atomic E-state index is 0.428. The molecule has 0 aromatic rings. The molecule has 2 fully saturated rings. The predicted molar refractivity (Wildman–Crippen MR) is 85.0 cm³/mol. The molecule has 2 aliphatic rings. The van der Waals surface area contributed by atoms with Gasteiger partial charge in [-0.05, 0) is 70.5 Å². The van der Waals surface area contributed by atoms with Crippen molar-refractivity contribution in [1.82, 2.24) is 10.2 Å². The first-order valence-electron chi connectivity index (χ1n) is 8.83. The van der Waals surface area contributed by atoms with Crippen LogP contribution in [0.1, 0.15) is 65.2 Å². The summed E-state index contributed by atoms with van der Waals surface area (Å²) in [7, 11) is 0. The molecule has 2 rings (SSSR count). The van der Waals surface area contributed by atoms with Crippen LogP contribution in [0.2, 0.25) is 0 Å². The van der Waals surface area contributed by atoms with Gasteiger partial charge in [-0.3, -0.25) is 0 Å². The summed E-state index contributed by atoms with van der Waals surface area (Å²) in [4.78, 5) is 2.54. The van der Waals surface area contributed by atoms with Crippen molar-refractivity contribution >= 4 is 0 Å². The normalized spacial score (nSPS) is 36.8. The molecule has 3 heteroatoms. The average molecular weight is 282 g/mol. The van der Waals surface area contributed by atoms with Gasteiger partial charge in [-0.2, -0.15) is 0 Å². The maximum Gasteiger partial charge on any atom is 0.0771 e. The van der Waals surface area contributed by atoms with Crippen molar-refractivity contribution in [3.05, 3.63) is 0 Å². The summed E-state index contributed by atoms with van der Waals surface area (Å²) in [6.07, 6.45) is 9.48. The molecule has 1 saturated carbocycles. The van der Waals surface area contributed by atoms with Gasteiger partial charge in [0.05, 0.1) is 5.60 Å². The van der Waals surface area contributed by atoms with Gasteiger partial charge in [0.15, 0.2) is 0 Å². The van der Waals surface area contributed by atoms with Crippen molar-refractivity contribution in [3.8, 4) is 0 Å². The van der Waals surface area contributed by atoms with Crippen LogP contribution in [0, 0.1) is 5.92 Å². The van der Waals surface area contributed by atoms with Crippen LogP contribution >= 0.6 is 0 Å². The lowest BCUT2D eigenvalue weighted by molar-refractivity contribution is -0.0109. The van der Waals surface area contributed by atoms with Gasteiger partial charge in [0.1, 0.15) is 0 Å². The Kier molecular flexibility index (Phi) is 6.31. The monoisotopic (exact) mass is 282 g/mol. The molecule has 1 saturated heterocycles. The molecule has 1 aliphatic heterocycles. The fourth-order valence-corrected chi connectivity index (χ4v) is 3.81. The fourth-order valence-electron chi connectivity index (χ4n) is 3.81. The molecular formula is C17H34N2O. The third-order valence-electron chi connectivity index (χ3n) is 5.60. The lowest BCUT2D eigenvalue weighted by Crippen LogP contribution is -2.46. The molecule has 0 aromatic carbocycles. The summed E-state index contributed by atoms with van der Waals surface area (Å²) < 4.78 is 0. The van der Waals surface area contributed by atoms with E-state index in [1.54, 1.807) is 0 Å². The molecule has 0 bridgehead atoms. The number of nitrogens with zero attached hydrogens (tertiary/aromatic N) is 1. The molecule has 3 nitrogen and oxygen atoms in total. The van der Waals surface area contributed by atoms with Crippen molar-refractivity contribution in [2.75, 3.05) is 26.2 Å². The third kappa shape index (κ3) is 4.71. The smallest absolute Gasteiger partial charge is 0.0771 e. The highest BCUT2D eigenvalue weighted by atomic mass is 16.3. The molecule has 1 heterocycles. The second-order valence-electron chi connectivity index (χ2n) is 7.02. The number of aliphatic hydroxyl groups is 1. The van der Waals surface area contributed by atoms with Gasteiger partial charge >= 0.3 is 0 Å². The molecule has 1 atom stereocenters. The third-order valence-corrected chi connectivity index (χ3v) is 5.60. The van der Waals surface area contributed by atoms with Crippen LogP contribution in [-0.4, -0.2) is 47.8 Å². The van der Waals surface area contributed by atoms with E-state index in [9.17, 15) is 5.11 Å². The van der Waals surface area contributed by atoms with Crippen molar-refractivity contribution in [2.24, 2.45) is 5.92 Å². The van der Waals surface area contributed by atoms with Crippen molar-refractivity contribution in [1.29, 1.82) is 0 Å². The maximum atomic E-state index is 10.7. The summed E-state index contributed by atoms with van der Waals surface area (Å²) in [6.45, 7) is 8.97. The summed E-state index contributed by atoms with van der Waals surface area (Å²) in [5.41, 5.74) is -0.428. The Morgan fingerprint density at radius 1 is 1.10 bits per heavy atom. The number of hydrogen-bond acceptors (Lipinski definition) is 3. The zero-order valence-corrected chi connectivity index (χ0v) is 13.5. The highest BCUT2D eigenvalue weighted by molar-refractivity contribution is 4.88. The number of nitrogens with one attached hydrogen (secondary N) is 1. The highest BCUT2D eigenvalue weighted by Gasteiger charge is 2.33. The Hall–Kier alpha value is -0.120. The quantitative estimate of drug-likeness (QED) is 0.814. The van der Waals surface area contributed by atoms with E-state index in [0.29, 0.717) is 6.04 Å². The van der Waals surface area contributed by atoms with E-state index in [0.717, 1.165) is 25.3 Å². The number of rotatable bonds is 5. The lowest BCUT2D eigenvalue weighted by Gasteiger charge is -2.37. The molecule has 1 aliphatic carbocycles. The Labute approximate surface area is 125 Å². The van der Waals surface area contributed by atoms with Gasteiger partial charge in [0.2, 0.25) is 0 Å².